The highest BCUT2D eigenvalue weighted by atomic mass is 16.6. The zero-order valence-electron chi connectivity index (χ0n) is 16.0. The molecule has 0 aliphatic carbocycles. The highest BCUT2D eigenvalue weighted by Crippen LogP contribution is 2.32. The number of rotatable bonds is 5. The van der Waals surface area contributed by atoms with Crippen LogP contribution < -0.4 is 10.6 Å². The van der Waals surface area contributed by atoms with Crippen molar-refractivity contribution < 1.29 is 14.3 Å². The van der Waals surface area contributed by atoms with Crippen LogP contribution >= 0.6 is 0 Å². The maximum absolute atomic E-state index is 12.3. The van der Waals surface area contributed by atoms with E-state index in [9.17, 15) is 4.79 Å². The Balaban J connectivity index is 1.28. The molecule has 28 heavy (non-hydrogen) atoms. The zero-order valence-corrected chi connectivity index (χ0v) is 16.0. The highest BCUT2D eigenvalue weighted by molar-refractivity contribution is 5.74. The number of benzene rings is 2. The molecule has 2 heterocycles. The molecule has 2 saturated heterocycles. The molecular formula is C23H26N2O3. The number of carbonyl (C=O) groups excluding carboxylic acids is 1. The van der Waals surface area contributed by atoms with Crippen molar-refractivity contribution in [1.82, 2.24) is 10.6 Å². The fraction of sp³-hybridized carbons (Fsp3) is 0.348. The Bertz CT molecular complexity index is 837. The average Bonchev–Trinajstić information content (AvgIpc) is 3.29. The van der Waals surface area contributed by atoms with E-state index in [4.69, 9.17) is 9.47 Å². The molecule has 0 saturated carbocycles. The number of hydrogen-bond donors (Lipinski definition) is 2. The number of urea groups is 1. The maximum Gasteiger partial charge on any atom is 0.315 e. The summed E-state index contributed by atoms with van der Waals surface area (Å²) >= 11 is 0. The second-order valence-electron chi connectivity index (χ2n) is 7.45. The van der Waals surface area contributed by atoms with Gasteiger partial charge in [0.15, 0.2) is 0 Å². The fourth-order valence-corrected chi connectivity index (χ4v) is 3.84. The third kappa shape index (κ3) is 4.43. The smallest absolute Gasteiger partial charge is 0.315 e. The lowest BCUT2D eigenvalue weighted by atomic mass is 9.99. The van der Waals surface area contributed by atoms with E-state index >= 15 is 0 Å². The van der Waals surface area contributed by atoms with Gasteiger partial charge in [-0.05, 0) is 18.1 Å². The SMILES string of the molecule is Cc1cccc(CNC(=O)N[C@H]2COC3[C@H](C=Cc4ccccc4)CO[C@@H]32)c1. The molecule has 5 nitrogen and oxygen atoms in total. The molecule has 2 aliphatic heterocycles. The standard InChI is InChI=1S/C23H26N2O3/c1-16-6-5-9-18(12-16)13-24-23(26)25-20-15-28-21-19(14-27-22(20)21)11-10-17-7-3-2-4-8-17/h2-12,19-22H,13-15H2,1H3,(H2,24,25,26)/t19-,20+,21?,22-/m1/s1. The van der Waals surface area contributed by atoms with Crippen LogP contribution in [0.4, 0.5) is 4.79 Å². The largest absolute Gasteiger partial charge is 0.373 e. The number of carbonyl (C=O) groups is 1. The number of aryl methyl sites for hydroxylation is 1. The number of nitrogens with one attached hydrogen (secondary N) is 2. The highest BCUT2D eigenvalue weighted by Gasteiger charge is 2.47. The van der Waals surface area contributed by atoms with Crippen LogP contribution in [0.1, 0.15) is 16.7 Å². The number of amides is 2. The number of hydrogen-bond acceptors (Lipinski definition) is 3. The molecule has 1 unspecified atom stereocenters. The summed E-state index contributed by atoms with van der Waals surface area (Å²) in [5.41, 5.74) is 3.42. The Kier molecular flexibility index (Phi) is 5.74. The van der Waals surface area contributed by atoms with E-state index in [0.717, 1.165) is 11.1 Å². The van der Waals surface area contributed by atoms with Crippen LogP contribution in [0.2, 0.25) is 0 Å². The molecule has 146 valence electrons. The van der Waals surface area contributed by atoms with Gasteiger partial charge in [0.05, 0.1) is 25.4 Å². The minimum Gasteiger partial charge on any atom is -0.373 e. The van der Waals surface area contributed by atoms with Crippen molar-refractivity contribution in [3.8, 4) is 0 Å². The van der Waals surface area contributed by atoms with Crippen molar-refractivity contribution in [3.63, 3.8) is 0 Å². The Labute approximate surface area is 165 Å². The zero-order chi connectivity index (χ0) is 19.3. The molecular weight excluding hydrogens is 352 g/mol. The predicted octanol–water partition coefficient (Wildman–Crippen LogP) is 3.29. The number of fused-ring (bicyclic) bond motifs is 1. The maximum atomic E-state index is 12.3. The van der Waals surface area contributed by atoms with Crippen LogP contribution in [-0.4, -0.2) is 37.5 Å². The quantitative estimate of drug-likeness (QED) is 0.839. The minimum atomic E-state index is -0.192. The van der Waals surface area contributed by atoms with E-state index < -0.39 is 0 Å². The van der Waals surface area contributed by atoms with Gasteiger partial charge in [-0.1, -0.05) is 72.3 Å². The molecule has 2 amide bonds. The summed E-state index contributed by atoms with van der Waals surface area (Å²) in [5.74, 6) is 0.201. The van der Waals surface area contributed by atoms with E-state index in [-0.39, 0.29) is 30.2 Å². The first-order valence-electron chi connectivity index (χ1n) is 9.75. The van der Waals surface area contributed by atoms with Crippen molar-refractivity contribution in [1.29, 1.82) is 0 Å². The summed E-state index contributed by atoms with van der Waals surface area (Å²) in [4.78, 5) is 12.3. The van der Waals surface area contributed by atoms with Gasteiger partial charge in [-0.15, -0.1) is 0 Å². The van der Waals surface area contributed by atoms with Crippen molar-refractivity contribution in [2.45, 2.75) is 31.7 Å². The third-order valence-electron chi connectivity index (χ3n) is 5.28. The number of ether oxygens (including phenoxy) is 2. The van der Waals surface area contributed by atoms with Crippen molar-refractivity contribution in [3.05, 3.63) is 77.4 Å². The molecule has 2 fully saturated rings. The fourth-order valence-electron chi connectivity index (χ4n) is 3.84. The lowest BCUT2D eigenvalue weighted by Crippen LogP contribution is -2.48. The van der Waals surface area contributed by atoms with Crippen LogP contribution in [0.5, 0.6) is 0 Å². The Morgan fingerprint density at radius 2 is 1.89 bits per heavy atom. The monoisotopic (exact) mass is 378 g/mol. The molecule has 2 aromatic carbocycles. The topological polar surface area (TPSA) is 59.6 Å². The second-order valence-corrected chi connectivity index (χ2v) is 7.45. The van der Waals surface area contributed by atoms with Crippen LogP contribution in [0.3, 0.4) is 0 Å². The lowest BCUT2D eigenvalue weighted by Gasteiger charge is -2.18. The summed E-state index contributed by atoms with van der Waals surface area (Å²) in [6, 6.07) is 18.0. The summed E-state index contributed by atoms with van der Waals surface area (Å²) in [5, 5.41) is 5.92. The molecule has 2 N–H and O–H groups in total. The first-order valence-corrected chi connectivity index (χ1v) is 9.75. The molecule has 2 aliphatic rings. The molecule has 5 heteroatoms. The van der Waals surface area contributed by atoms with Gasteiger partial charge in [-0.25, -0.2) is 4.79 Å². The van der Waals surface area contributed by atoms with Crippen LogP contribution in [0.15, 0.2) is 60.7 Å². The van der Waals surface area contributed by atoms with Crippen LogP contribution in [0, 0.1) is 12.8 Å². The van der Waals surface area contributed by atoms with Gasteiger partial charge in [0.1, 0.15) is 6.10 Å². The molecule has 0 aromatic heterocycles. The van der Waals surface area contributed by atoms with Gasteiger partial charge in [0.25, 0.3) is 0 Å². The lowest BCUT2D eigenvalue weighted by molar-refractivity contribution is 0.0661. The Hall–Kier alpha value is -2.63. The van der Waals surface area contributed by atoms with Gasteiger partial charge in [-0.3, -0.25) is 0 Å². The summed E-state index contributed by atoms with van der Waals surface area (Å²) in [6.45, 7) is 3.63. The first-order chi connectivity index (χ1) is 13.7. The van der Waals surface area contributed by atoms with Crippen molar-refractivity contribution in [2.24, 2.45) is 5.92 Å². The first kappa shape index (κ1) is 18.7. The van der Waals surface area contributed by atoms with Crippen molar-refractivity contribution in [2.75, 3.05) is 13.2 Å². The predicted molar refractivity (Wildman–Crippen MR) is 109 cm³/mol. The van der Waals surface area contributed by atoms with Gasteiger partial charge < -0.3 is 20.1 Å². The summed E-state index contributed by atoms with van der Waals surface area (Å²) in [7, 11) is 0. The van der Waals surface area contributed by atoms with Gasteiger partial charge in [-0.2, -0.15) is 0 Å². The normalized spacial score (nSPS) is 26.3. The molecule has 2 aromatic rings. The van der Waals surface area contributed by atoms with E-state index in [2.05, 4.69) is 41.0 Å². The van der Waals surface area contributed by atoms with Gasteiger partial charge in [0.2, 0.25) is 0 Å². The molecule has 0 bridgehead atoms. The molecule has 4 atom stereocenters. The molecule has 4 rings (SSSR count). The molecule has 0 radical (unpaired) electrons. The third-order valence-corrected chi connectivity index (χ3v) is 5.28. The summed E-state index contributed by atoms with van der Waals surface area (Å²) < 4.78 is 11.9. The van der Waals surface area contributed by atoms with Crippen LogP contribution in [0.25, 0.3) is 6.08 Å². The van der Waals surface area contributed by atoms with E-state index in [1.165, 1.54) is 5.56 Å². The van der Waals surface area contributed by atoms with E-state index in [0.29, 0.717) is 19.8 Å². The van der Waals surface area contributed by atoms with E-state index in [1.54, 1.807) is 0 Å². The van der Waals surface area contributed by atoms with Gasteiger partial charge >= 0.3 is 6.03 Å². The Morgan fingerprint density at radius 1 is 1.07 bits per heavy atom. The second kappa shape index (κ2) is 8.59. The van der Waals surface area contributed by atoms with Crippen LogP contribution in [-0.2, 0) is 16.0 Å². The van der Waals surface area contributed by atoms with E-state index in [1.807, 2.05) is 43.3 Å². The van der Waals surface area contributed by atoms with Gasteiger partial charge in [0, 0.05) is 12.5 Å². The molecule has 0 spiro atoms. The van der Waals surface area contributed by atoms with Crippen molar-refractivity contribution >= 4 is 12.1 Å². The average molecular weight is 378 g/mol. The minimum absolute atomic E-state index is 0.0120. The Morgan fingerprint density at radius 3 is 2.71 bits per heavy atom. The summed E-state index contributed by atoms with van der Waals surface area (Å²) in [6.07, 6.45) is 4.15.